The van der Waals surface area contributed by atoms with Gasteiger partial charge in [-0.15, -0.1) is 5.10 Å². The maximum Gasteiger partial charge on any atom is 0.256 e. The number of hydrogen-bond donors (Lipinski definition) is 2. The van der Waals surface area contributed by atoms with Crippen molar-refractivity contribution in [1.82, 2.24) is 19.9 Å². The molecule has 44 heavy (non-hydrogen) atoms. The highest BCUT2D eigenvalue weighted by Gasteiger charge is 2.24. The first kappa shape index (κ1) is 29.3. The van der Waals surface area contributed by atoms with Crippen molar-refractivity contribution in [2.24, 2.45) is 0 Å². The molecule has 0 atom stereocenters. The van der Waals surface area contributed by atoms with E-state index in [9.17, 15) is 18.4 Å². The van der Waals surface area contributed by atoms with Crippen molar-refractivity contribution in [3.8, 4) is 5.69 Å². The number of anilines is 3. The number of amides is 2. The predicted molar refractivity (Wildman–Crippen MR) is 165 cm³/mol. The van der Waals surface area contributed by atoms with Gasteiger partial charge < -0.3 is 20.4 Å². The van der Waals surface area contributed by atoms with Gasteiger partial charge in [-0.3, -0.25) is 9.59 Å². The van der Waals surface area contributed by atoms with Crippen LogP contribution in [0.1, 0.15) is 64.9 Å². The third-order valence-electron chi connectivity index (χ3n) is 8.07. The van der Waals surface area contributed by atoms with Crippen molar-refractivity contribution >= 4 is 28.9 Å². The molecule has 4 aromatic rings. The standard InChI is InChI=1S/C33H35F2N7O2/c34-24-16-23(17-25(35)18-24)32(43)37-27-8-7-9-29(19-27)42-22-28(38-39-42)21-36-26-10-11-31(40-12-3-1-4-13-40)30(20-26)33(44)41-14-5-2-6-15-41/h7-11,16-20,22,36H,1-6,12-15,21H2,(H,37,43). The highest BCUT2D eigenvalue weighted by molar-refractivity contribution is 6.04. The molecule has 9 nitrogen and oxygen atoms in total. The normalized spacial score (nSPS) is 15.2. The fourth-order valence-electron chi connectivity index (χ4n) is 5.81. The summed E-state index contributed by atoms with van der Waals surface area (Å²) >= 11 is 0. The number of benzene rings is 3. The summed E-state index contributed by atoms with van der Waals surface area (Å²) in [5.74, 6) is -2.19. The number of likely N-dealkylation sites (tertiary alicyclic amines) is 1. The molecule has 0 saturated carbocycles. The maximum absolute atomic E-state index is 13.6. The number of carbonyl (C=O) groups excluding carboxylic acids is 2. The van der Waals surface area contributed by atoms with Crippen LogP contribution >= 0.6 is 0 Å². The van der Waals surface area contributed by atoms with Crippen LogP contribution in [0.2, 0.25) is 0 Å². The van der Waals surface area contributed by atoms with Gasteiger partial charge in [0.1, 0.15) is 17.3 Å². The van der Waals surface area contributed by atoms with Crippen LogP contribution < -0.4 is 15.5 Å². The summed E-state index contributed by atoms with van der Waals surface area (Å²) in [6.07, 6.45) is 8.52. The largest absolute Gasteiger partial charge is 0.379 e. The quantitative estimate of drug-likeness (QED) is 0.257. The molecule has 1 aromatic heterocycles. The van der Waals surface area contributed by atoms with Gasteiger partial charge >= 0.3 is 0 Å². The lowest BCUT2D eigenvalue weighted by Crippen LogP contribution is -2.37. The zero-order valence-corrected chi connectivity index (χ0v) is 24.4. The number of carbonyl (C=O) groups is 2. The Bertz CT molecular complexity index is 1620. The lowest BCUT2D eigenvalue weighted by Gasteiger charge is -2.33. The average Bonchev–Trinajstić information content (AvgIpc) is 3.53. The molecule has 0 spiro atoms. The van der Waals surface area contributed by atoms with Gasteiger partial charge in [0.2, 0.25) is 0 Å². The van der Waals surface area contributed by atoms with Gasteiger partial charge in [-0.25, -0.2) is 13.5 Å². The lowest BCUT2D eigenvalue weighted by molar-refractivity contribution is 0.0724. The monoisotopic (exact) mass is 599 g/mol. The number of piperidine rings is 2. The van der Waals surface area contributed by atoms with Crippen molar-refractivity contribution in [3.63, 3.8) is 0 Å². The molecule has 0 bridgehead atoms. The number of halogens is 2. The van der Waals surface area contributed by atoms with E-state index >= 15 is 0 Å². The molecular weight excluding hydrogens is 564 g/mol. The zero-order chi connectivity index (χ0) is 30.5. The van der Waals surface area contributed by atoms with Gasteiger partial charge in [0.05, 0.1) is 24.0 Å². The first-order chi connectivity index (χ1) is 21.4. The van der Waals surface area contributed by atoms with Gasteiger partial charge in [-0.05, 0) is 87.1 Å². The van der Waals surface area contributed by atoms with Crippen LogP contribution in [0, 0.1) is 11.6 Å². The summed E-state index contributed by atoms with van der Waals surface area (Å²) in [5, 5.41) is 14.6. The smallest absolute Gasteiger partial charge is 0.256 e. The Morgan fingerprint density at radius 2 is 1.52 bits per heavy atom. The van der Waals surface area contributed by atoms with E-state index in [2.05, 4.69) is 31.9 Å². The van der Waals surface area contributed by atoms with Crippen LogP contribution in [0.15, 0.2) is 66.9 Å². The Hall–Kier alpha value is -4.80. The van der Waals surface area contributed by atoms with Crippen LogP contribution in [-0.4, -0.2) is 57.9 Å². The van der Waals surface area contributed by atoms with Crippen molar-refractivity contribution in [3.05, 3.63) is 95.3 Å². The number of nitrogens with one attached hydrogen (secondary N) is 2. The first-order valence-corrected chi connectivity index (χ1v) is 15.1. The number of hydrogen-bond acceptors (Lipinski definition) is 6. The first-order valence-electron chi connectivity index (χ1n) is 15.1. The van der Waals surface area contributed by atoms with E-state index < -0.39 is 17.5 Å². The molecule has 2 amide bonds. The van der Waals surface area contributed by atoms with Crippen molar-refractivity contribution < 1.29 is 18.4 Å². The van der Waals surface area contributed by atoms with Crippen molar-refractivity contribution in [1.29, 1.82) is 0 Å². The van der Waals surface area contributed by atoms with E-state index in [1.165, 1.54) is 12.8 Å². The lowest BCUT2D eigenvalue weighted by atomic mass is 10.0. The fraction of sp³-hybridized carbons (Fsp3) is 0.333. The highest BCUT2D eigenvalue weighted by Crippen LogP contribution is 2.29. The Morgan fingerprint density at radius 3 is 2.27 bits per heavy atom. The van der Waals surface area contributed by atoms with Gasteiger partial charge in [-0.1, -0.05) is 11.3 Å². The maximum atomic E-state index is 13.6. The fourth-order valence-corrected chi connectivity index (χ4v) is 5.81. The summed E-state index contributed by atoms with van der Waals surface area (Å²) < 4.78 is 28.7. The van der Waals surface area contributed by atoms with Crippen molar-refractivity contribution in [2.75, 3.05) is 41.7 Å². The molecule has 0 aliphatic carbocycles. The summed E-state index contributed by atoms with van der Waals surface area (Å²) in [7, 11) is 0. The molecule has 2 aliphatic heterocycles. The van der Waals surface area contributed by atoms with Crippen LogP contribution in [0.3, 0.4) is 0 Å². The molecule has 2 aliphatic rings. The third-order valence-corrected chi connectivity index (χ3v) is 8.07. The minimum Gasteiger partial charge on any atom is -0.379 e. The molecule has 228 valence electrons. The van der Waals surface area contributed by atoms with Gasteiger partial charge in [-0.2, -0.15) is 0 Å². The second kappa shape index (κ2) is 13.2. The van der Waals surface area contributed by atoms with Crippen molar-refractivity contribution in [2.45, 2.75) is 45.1 Å². The zero-order valence-electron chi connectivity index (χ0n) is 24.4. The van der Waals surface area contributed by atoms with Crippen LogP contribution in [-0.2, 0) is 6.54 Å². The summed E-state index contributed by atoms with van der Waals surface area (Å²) in [6.45, 7) is 3.91. The minimum atomic E-state index is -0.824. The third kappa shape index (κ3) is 6.88. The second-order valence-electron chi connectivity index (χ2n) is 11.3. The topological polar surface area (TPSA) is 95.4 Å². The van der Waals surface area contributed by atoms with Crippen LogP contribution in [0.4, 0.5) is 25.8 Å². The molecule has 2 saturated heterocycles. The molecule has 2 N–H and O–H groups in total. The van der Waals surface area contributed by atoms with Gasteiger partial charge in [0, 0.05) is 54.9 Å². The Labute approximate surface area is 254 Å². The summed E-state index contributed by atoms with van der Waals surface area (Å²) in [4.78, 5) is 30.5. The SMILES string of the molecule is O=C(Nc1cccc(-n2cc(CNc3ccc(N4CCCCC4)c(C(=O)N4CCCCC4)c3)nn2)c1)c1cc(F)cc(F)c1. The molecule has 3 aromatic carbocycles. The van der Waals surface area contributed by atoms with Gasteiger partial charge in [0.15, 0.2) is 0 Å². The van der Waals surface area contributed by atoms with Crippen LogP contribution in [0.25, 0.3) is 5.69 Å². The van der Waals surface area contributed by atoms with E-state index in [1.807, 2.05) is 17.0 Å². The molecule has 0 radical (unpaired) electrons. The van der Waals surface area contributed by atoms with E-state index in [0.717, 1.165) is 80.9 Å². The van der Waals surface area contributed by atoms with E-state index in [4.69, 9.17) is 0 Å². The number of rotatable bonds is 8. The molecule has 11 heteroatoms. The molecule has 3 heterocycles. The molecule has 6 rings (SSSR count). The van der Waals surface area contributed by atoms with E-state index in [-0.39, 0.29) is 11.5 Å². The molecule has 2 fully saturated rings. The average molecular weight is 600 g/mol. The Balaban J connectivity index is 1.14. The second-order valence-corrected chi connectivity index (χ2v) is 11.3. The number of aromatic nitrogens is 3. The van der Waals surface area contributed by atoms with Gasteiger partial charge in [0.25, 0.3) is 11.8 Å². The van der Waals surface area contributed by atoms with E-state index in [1.54, 1.807) is 35.1 Å². The minimum absolute atomic E-state index is 0.0920. The Kier molecular flexibility index (Phi) is 8.81. The molecular formula is C33H35F2N7O2. The summed E-state index contributed by atoms with van der Waals surface area (Å²) in [6, 6.07) is 15.6. The predicted octanol–water partition coefficient (Wildman–Crippen LogP) is 6.03. The summed E-state index contributed by atoms with van der Waals surface area (Å²) in [5.41, 5.74) is 4.22. The Morgan fingerprint density at radius 1 is 0.795 bits per heavy atom. The highest BCUT2D eigenvalue weighted by atomic mass is 19.1. The number of nitrogens with zero attached hydrogens (tertiary/aromatic N) is 5. The van der Waals surface area contributed by atoms with E-state index in [0.29, 0.717) is 29.7 Å². The molecule has 0 unspecified atom stereocenters. The van der Waals surface area contributed by atoms with Crippen LogP contribution in [0.5, 0.6) is 0 Å².